The Morgan fingerprint density at radius 3 is 2.50 bits per heavy atom. The molecule has 1 aliphatic rings. The molecule has 2 rings (SSSR count). The van der Waals surface area contributed by atoms with E-state index >= 15 is 0 Å². The lowest BCUT2D eigenvalue weighted by atomic mass is 10.1. The minimum absolute atomic E-state index is 0.0662. The predicted octanol–water partition coefficient (Wildman–Crippen LogP) is 3.50. The number of carboxylic acid groups (broad SMARTS) is 1. The lowest BCUT2D eigenvalue weighted by molar-refractivity contribution is -0.136. The van der Waals surface area contributed by atoms with Crippen molar-refractivity contribution in [1.29, 1.82) is 0 Å². The van der Waals surface area contributed by atoms with Crippen molar-refractivity contribution in [3.05, 3.63) is 53.8 Å². The van der Waals surface area contributed by atoms with Gasteiger partial charge in [-0.2, -0.15) is 0 Å². The van der Waals surface area contributed by atoms with Gasteiger partial charge in [0.25, 0.3) is 0 Å². The number of anilines is 1. The Bertz CT molecular complexity index is 734. The molecule has 1 aliphatic carbocycles. The SMILES string of the molecule is O=C(O)CCC(=O)c1ccc(NC(=O)OC2=CC=CCC2=S)cc1. The zero-order chi connectivity index (χ0) is 17.5. The number of hydrogen-bond donors (Lipinski definition) is 2. The topological polar surface area (TPSA) is 92.7 Å². The molecule has 0 radical (unpaired) electrons. The molecule has 2 N–H and O–H groups in total. The Balaban J connectivity index is 1.91. The summed E-state index contributed by atoms with van der Waals surface area (Å²) < 4.78 is 5.14. The third-order valence-electron chi connectivity index (χ3n) is 3.18. The number of nitrogens with one attached hydrogen (secondary N) is 1. The Morgan fingerprint density at radius 2 is 1.88 bits per heavy atom. The number of carbonyl (C=O) groups is 3. The van der Waals surface area contributed by atoms with Crippen LogP contribution in [0, 0.1) is 0 Å². The molecule has 124 valence electrons. The maximum atomic E-state index is 11.8. The molecule has 0 saturated carbocycles. The van der Waals surface area contributed by atoms with Crippen LogP contribution in [-0.2, 0) is 9.53 Å². The molecule has 7 heteroatoms. The second kappa shape index (κ2) is 8.16. The van der Waals surface area contributed by atoms with Crippen molar-refractivity contribution >= 4 is 40.6 Å². The fourth-order valence-corrected chi connectivity index (χ4v) is 2.17. The molecule has 0 saturated heterocycles. The van der Waals surface area contributed by atoms with E-state index in [1.165, 1.54) is 12.1 Å². The normalized spacial score (nSPS) is 13.2. The number of thiocarbonyl (C=S) groups is 1. The zero-order valence-electron chi connectivity index (χ0n) is 12.7. The molecule has 0 spiro atoms. The summed E-state index contributed by atoms with van der Waals surface area (Å²) in [7, 11) is 0. The van der Waals surface area contributed by atoms with E-state index in [2.05, 4.69) is 5.32 Å². The molecule has 1 aromatic carbocycles. The lowest BCUT2D eigenvalue weighted by Gasteiger charge is -2.12. The average molecular weight is 345 g/mol. The van der Waals surface area contributed by atoms with Crippen molar-refractivity contribution in [3.8, 4) is 0 Å². The summed E-state index contributed by atoms with van der Waals surface area (Å²) in [5.74, 6) is -0.948. The average Bonchev–Trinajstić information content (AvgIpc) is 2.55. The maximum Gasteiger partial charge on any atom is 0.417 e. The van der Waals surface area contributed by atoms with Gasteiger partial charge < -0.3 is 9.84 Å². The van der Waals surface area contributed by atoms with E-state index in [1.807, 2.05) is 6.08 Å². The second-order valence-corrected chi connectivity index (χ2v) is 5.49. The van der Waals surface area contributed by atoms with Crippen LogP contribution < -0.4 is 5.32 Å². The third kappa shape index (κ3) is 5.13. The van der Waals surface area contributed by atoms with Crippen LogP contribution in [0.1, 0.15) is 29.6 Å². The van der Waals surface area contributed by atoms with Gasteiger partial charge in [-0.3, -0.25) is 14.9 Å². The first-order valence-corrected chi connectivity index (χ1v) is 7.60. The minimum Gasteiger partial charge on any atom is -0.481 e. The number of carboxylic acids is 1. The monoisotopic (exact) mass is 345 g/mol. The Hall–Kier alpha value is -2.80. The largest absolute Gasteiger partial charge is 0.481 e. The Kier molecular flexibility index (Phi) is 5.97. The van der Waals surface area contributed by atoms with Crippen molar-refractivity contribution in [3.63, 3.8) is 0 Å². The summed E-state index contributed by atoms with van der Waals surface area (Å²) in [6.07, 6.45) is 4.85. The number of ketones is 1. The van der Waals surface area contributed by atoms with Crippen LogP contribution in [0.5, 0.6) is 0 Å². The van der Waals surface area contributed by atoms with Gasteiger partial charge in [0, 0.05) is 24.1 Å². The molecule has 0 atom stereocenters. The Morgan fingerprint density at radius 1 is 1.17 bits per heavy atom. The van der Waals surface area contributed by atoms with E-state index < -0.39 is 12.1 Å². The van der Waals surface area contributed by atoms with E-state index in [9.17, 15) is 14.4 Å². The van der Waals surface area contributed by atoms with Gasteiger partial charge in [0.1, 0.15) is 5.76 Å². The van der Waals surface area contributed by atoms with Gasteiger partial charge in [0.15, 0.2) is 5.78 Å². The quantitative estimate of drug-likeness (QED) is 0.605. The van der Waals surface area contributed by atoms with Crippen LogP contribution in [0.25, 0.3) is 0 Å². The lowest BCUT2D eigenvalue weighted by Crippen LogP contribution is -2.17. The highest BCUT2D eigenvalue weighted by molar-refractivity contribution is 7.80. The number of aliphatic carboxylic acids is 1. The van der Waals surface area contributed by atoms with Crippen molar-refractivity contribution in [2.45, 2.75) is 19.3 Å². The third-order valence-corrected chi connectivity index (χ3v) is 3.55. The van der Waals surface area contributed by atoms with Gasteiger partial charge in [-0.05, 0) is 30.3 Å². The molecule has 1 amide bonds. The van der Waals surface area contributed by atoms with Gasteiger partial charge in [0.05, 0.1) is 11.3 Å². The summed E-state index contributed by atoms with van der Waals surface area (Å²) in [6.45, 7) is 0. The van der Waals surface area contributed by atoms with E-state index in [-0.39, 0.29) is 18.6 Å². The molecule has 0 bridgehead atoms. The van der Waals surface area contributed by atoms with Crippen molar-refractivity contribution in [2.75, 3.05) is 5.32 Å². The van der Waals surface area contributed by atoms with Crippen molar-refractivity contribution < 1.29 is 24.2 Å². The summed E-state index contributed by atoms with van der Waals surface area (Å²) in [6, 6.07) is 6.13. The first kappa shape index (κ1) is 17.6. The van der Waals surface area contributed by atoms with E-state index in [4.69, 9.17) is 22.1 Å². The first-order chi connectivity index (χ1) is 11.5. The number of hydrogen-bond acceptors (Lipinski definition) is 5. The van der Waals surface area contributed by atoms with Crippen molar-refractivity contribution in [2.24, 2.45) is 0 Å². The molecular formula is C17H15NO5S. The highest BCUT2D eigenvalue weighted by Gasteiger charge is 2.13. The second-order valence-electron chi connectivity index (χ2n) is 5.00. The molecule has 0 heterocycles. The summed E-state index contributed by atoms with van der Waals surface area (Å²) >= 11 is 5.10. The molecular weight excluding hydrogens is 330 g/mol. The van der Waals surface area contributed by atoms with Crippen LogP contribution in [0.2, 0.25) is 0 Å². The molecule has 0 aromatic heterocycles. The maximum absolute atomic E-state index is 11.8. The van der Waals surface area contributed by atoms with E-state index in [0.29, 0.717) is 28.3 Å². The number of rotatable bonds is 6. The van der Waals surface area contributed by atoms with E-state index in [1.54, 1.807) is 24.3 Å². The number of benzene rings is 1. The van der Waals surface area contributed by atoms with Crippen LogP contribution in [-0.4, -0.2) is 27.8 Å². The number of amides is 1. The fraction of sp³-hybridized carbons (Fsp3) is 0.176. The van der Waals surface area contributed by atoms with Crippen LogP contribution in [0.4, 0.5) is 10.5 Å². The van der Waals surface area contributed by atoms with Gasteiger partial charge >= 0.3 is 12.1 Å². The summed E-state index contributed by atoms with van der Waals surface area (Å²) in [5, 5.41) is 11.1. The highest BCUT2D eigenvalue weighted by Crippen LogP contribution is 2.15. The van der Waals surface area contributed by atoms with Crippen LogP contribution in [0.3, 0.4) is 0 Å². The van der Waals surface area contributed by atoms with E-state index in [0.717, 1.165) is 0 Å². The zero-order valence-corrected chi connectivity index (χ0v) is 13.5. The fourth-order valence-electron chi connectivity index (χ4n) is 1.96. The van der Waals surface area contributed by atoms with Gasteiger partial charge in [-0.1, -0.05) is 24.4 Å². The Labute approximate surface area is 143 Å². The minimum atomic E-state index is -1.02. The molecule has 1 aromatic rings. The molecule has 6 nitrogen and oxygen atoms in total. The van der Waals surface area contributed by atoms with Gasteiger partial charge in [-0.25, -0.2) is 4.79 Å². The first-order valence-electron chi connectivity index (χ1n) is 7.19. The van der Waals surface area contributed by atoms with Crippen LogP contribution in [0.15, 0.2) is 48.3 Å². The molecule has 0 aliphatic heterocycles. The number of ether oxygens (including phenoxy) is 1. The number of allylic oxidation sites excluding steroid dienone is 4. The number of Topliss-reactive ketones (excluding diaryl/α,β-unsaturated/α-hetero) is 1. The smallest absolute Gasteiger partial charge is 0.417 e. The summed E-state index contributed by atoms with van der Waals surface area (Å²) in [4.78, 5) is 34.6. The van der Waals surface area contributed by atoms with Gasteiger partial charge in [0.2, 0.25) is 0 Å². The predicted molar refractivity (Wildman–Crippen MR) is 92.2 cm³/mol. The highest BCUT2D eigenvalue weighted by atomic mass is 32.1. The van der Waals surface area contributed by atoms with Crippen molar-refractivity contribution in [1.82, 2.24) is 0 Å². The molecule has 0 unspecified atom stereocenters. The summed E-state index contributed by atoms with van der Waals surface area (Å²) in [5.41, 5.74) is 0.837. The molecule has 0 fully saturated rings. The van der Waals surface area contributed by atoms with Gasteiger partial charge in [-0.15, -0.1) is 0 Å². The number of carbonyl (C=O) groups excluding carboxylic acids is 2. The molecule has 24 heavy (non-hydrogen) atoms. The standard InChI is InChI=1S/C17H15NO5S/c19-13(9-10-16(20)21)11-5-7-12(8-6-11)18-17(22)23-14-3-1-2-4-15(14)24/h1-3,5-8H,4,9-10H2,(H,18,22)(H,20,21). The van der Waals surface area contributed by atoms with Crippen LogP contribution >= 0.6 is 12.2 Å².